The second kappa shape index (κ2) is 13.4. The predicted octanol–water partition coefficient (Wildman–Crippen LogP) is 5.55. The monoisotopic (exact) mass is 598 g/mol. The topological polar surface area (TPSA) is 125 Å². The molecule has 0 saturated heterocycles. The van der Waals surface area contributed by atoms with Crippen LogP contribution in [0.4, 0.5) is 10.5 Å². The van der Waals surface area contributed by atoms with E-state index in [1.165, 1.54) is 34.5 Å². The Kier molecular flexibility index (Phi) is 9.20. The largest absolute Gasteiger partial charge is 0.495 e. The number of benzene rings is 4. The van der Waals surface area contributed by atoms with Crippen molar-refractivity contribution in [1.82, 2.24) is 5.32 Å². The van der Waals surface area contributed by atoms with Gasteiger partial charge in [0, 0.05) is 18.0 Å². The molecule has 0 aliphatic heterocycles. The van der Waals surface area contributed by atoms with Crippen molar-refractivity contribution in [3.63, 3.8) is 0 Å². The van der Waals surface area contributed by atoms with Crippen LogP contribution in [0, 0.1) is 0 Å². The molecule has 0 fully saturated rings. The van der Waals surface area contributed by atoms with Gasteiger partial charge in [0.15, 0.2) is 11.5 Å². The van der Waals surface area contributed by atoms with Crippen molar-refractivity contribution in [2.45, 2.75) is 12.0 Å². The van der Waals surface area contributed by atoms with E-state index in [4.69, 9.17) is 23.7 Å². The predicted molar refractivity (Wildman–Crippen MR) is 165 cm³/mol. The Labute approximate surface area is 255 Å². The summed E-state index contributed by atoms with van der Waals surface area (Å²) in [7, 11) is 5.91. The molecule has 0 aromatic heterocycles. The first-order valence-corrected chi connectivity index (χ1v) is 13.9. The van der Waals surface area contributed by atoms with Gasteiger partial charge in [0.05, 0.1) is 40.2 Å². The summed E-state index contributed by atoms with van der Waals surface area (Å²) in [4.78, 5) is 25.9. The second-order valence-electron chi connectivity index (χ2n) is 10.1. The number of amides is 2. The Balaban J connectivity index is 1.24. The maximum Gasteiger partial charge on any atom is 0.411 e. The number of hydrogen-bond donors (Lipinski definition) is 3. The lowest BCUT2D eigenvalue weighted by atomic mass is 9.98. The zero-order valence-corrected chi connectivity index (χ0v) is 24.9. The summed E-state index contributed by atoms with van der Waals surface area (Å²) in [6.07, 6.45) is -1.75. The molecule has 0 radical (unpaired) electrons. The molecule has 10 nitrogen and oxygen atoms in total. The highest BCUT2D eigenvalue weighted by Crippen LogP contribution is 2.44. The second-order valence-corrected chi connectivity index (χ2v) is 10.1. The van der Waals surface area contributed by atoms with Gasteiger partial charge in [0.25, 0.3) is 5.91 Å². The standard InChI is InChI=1S/C34H34N2O8/c1-40-29-14-13-20(33(38)35-18-28(37)21-16-30(41-2)32(43-4)31(17-21)42-3)15-27(29)36-34(39)44-19-26-24-11-7-5-9-22(24)23-10-6-8-12-25(23)26/h5-17,26,28,37H,18-19H2,1-4H3,(H,35,38)(H,36,39). The fourth-order valence-electron chi connectivity index (χ4n) is 5.39. The maximum atomic E-state index is 13.0. The lowest BCUT2D eigenvalue weighted by molar-refractivity contribution is 0.0916. The Morgan fingerprint density at radius 1 is 0.773 bits per heavy atom. The maximum absolute atomic E-state index is 13.0. The number of carbonyl (C=O) groups is 2. The van der Waals surface area contributed by atoms with E-state index in [1.807, 2.05) is 36.4 Å². The molecule has 0 saturated carbocycles. The number of hydrogen-bond acceptors (Lipinski definition) is 8. The van der Waals surface area contributed by atoms with Gasteiger partial charge in [-0.15, -0.1) is 0 Å². The number of methoxy groups -OCH3 is 4. The van der Waals surface area contributed by atoms with Crippen molar-refractivity contribution in [3.05, 3.63) is 101 Å². The van der Waals surface area contributed by atoms with Gasteiger partial charge in [-0.2, -0.15) is 0 Å². The van der Waals surface area contributed by atoms with Gasteiger partial charge >= 0.3 is 6.09 Å². The van der Waals surface area contributed by atoms with Crippen LogP contribution in [0.2, 0.25) is 0 Å². The molecule has 10 heteroatoms. The molecule has 0 heterocycles. The van der Waals surface area contributed by atoms with Crippen LogP contribution in [0.1, 0.15) is 39.1 Å². The zero-order chi connectivity index (χ0) is 31.2. The Bertz CT molecular complexity index is 1600. The van der Waals surface area contributed by atoms with Crippen molar-refractivity contribution < 1.29 is 38.4 Å². The highest BCUT2D eigenvalue weighted by Gasteiger charge is 2.29. The van der Waals surface area contributed by atoms with Crippen LogP contribution in [-0.2, 0) is 4.74 Å². The van der Waals surface area contributed by atoms with Gasteiger partial charge in [-0.25, -0.2) is 4.79 Å². The van der Waals surface area contributed by atoms with Gasteiger partial charge in [0.1, 0.15) is 12.4 Å². The minimum atomic E-state index is -1.07. The fraction of sp³-hybridized carbons (Fsp3) is 0.235. The first-order valence-electron chi connectivity index (χ1n) is 13.9. The molecule has 0 bridgehead atoms. The normalized spacial score (nSPS) is 12.4. The molecule has 1 aliphatic rings. The third-order valence-electron chi connectivity index (χ3n) is 7.57. The average Bonchev–Trinajstić information content (AvgIpc) is 3.38. The summed E-state index contributed by atoms with van der Waals surface area (Å²) in [5, 5.41) is 16.2. The van der Waals surface area contributed by atoms with Gasteiger partial charge in [-0.05, 0) is 58.1 Å². The molecule has 4 aromatic rings. The van der Waals surface area contributed by atoms with Gasteiger partial charge in [0.2, 0.25) is 5.75 Å². The van der Waals surface area contributed by atoms with E-state index < -0.39 is 18.1 Å². The van der Waals surface area contributed by atoms with Crippen molar-refractivity contribution >= 4 is 17.7 Å². The number of ether oxygens (including phenoxy) is 5. The van der Waals surface area contributed by atoms with E-state index in [0.29, 0.717) is 28.6 Å². The van der Waals surface area contributed by atoms with E-state index in [0.717, 1.165) is 22.3 Å². The third kappa shape index (κ3) is 6.11. The zero-order valence-electron chi connectivity index (χ0n) is 24.9. The highest BCUT2D eigenvalue weighted by molar-refractivity contribution is 5.97. The van der Waals surface area contributed by atoms with E-state index in [-0.39, 0.29) is 30.3 Å². The molecule has 2 amide bonds. The summed E-state index contributed by atoms with van der Waals surface area (Å²) >= 11 is 0. The third-order valence-corrected chi connectivity index (χ3v) is 7.57. The van der Waals surface area contributed by atoms with Crippen LogP contribution in [0.3, 0.4) is 0 Å². The van der Waals surface area contributed by atoms with Gasteiger partial charge in [-0.3, -0.25) is 10.1 Å². The van der Waals surface area contributed by atoms with Gasteiger partial charge in [-0.1, -0.05) is 48.5 Å². The first kappa shape index (κ1) is 30.2. The minimum Gasteiger partial charge on any atom is -0.495 e. The molecule has 0 spiro atoms. The van der Waals surface area contributed by atoms with E-state index in [9.17, 15) is 14.7 Å². The number of carbonyl (C=O) groups excluding carboxylic acids is 2. The summed E-state index contributed by atoms with van der Waals surface area (Å²) in [5.74, 6) is 0.953. The number of fused-ring (bicyclic) bond motifs is 3. The molecule has 5 rings (SSSR count). The van der Waals surface area contributed by atoms with Crippen molar-refractivity contribution in [1.29, 1.82) is 0 Å². The van der Waals surface area contributed by atoms with Crippen molar-refractivity contribution in [3.8, 4) is 34.1 Å². The number of rotatable bonds is 11. The van der Waals surface area contributed by atoms with Crippen LogP contribution in [0.5, 0.6) is 23.0 Å². The quantitative estimate of drug-likeness (QED) is 0.205. The summed E-state index contributed by atoms with van der Waals surface area (Å²) < 4.78 is 27.1. The minimum absolute atomic E-state index is 0.0933. The van der Waals surface area contributed by atoms with Crippen molar-refractivity contribution in [2.24, 2.45) is 0 Å². The summed E-state index contributed by atoms with van der Waals surface area (Å²) in [6.45, 7) is 0.0415. The Morgan fingerprint density at radius 3 is 1.93 bits per heavy atom. The summed E-state index contributed by atoms with van der Waals surface area (Å²) in [6, 6.07) is 24.0. The lowest BCUT2D eigenvalue weighted by Gasteiger charge is -2.18. The molecule has 44 heavy (non-hydrogen) atoms. The number of nitrogens with one attached hydrogen (secondary N) is 2. The SMILES string of the molecule is COc1ccc(C(=O)NCC(O)c2cc(OC)c(OC)c(OC)c2)cc1NC(=O)OCC1c2ccccc2-c2ccccc21. The van der Waals surface area contributed by atoms with Crippen molar-refractivity contribution in [2.75, 3.05) is 46.9 Å². The fourth-order valence-corrected chi connectivity index (χ4v) is 5.39. The molecule has 1 unspecified atom stereocenters. The van der Waals surface area contributed by atoms with E-state index in [2.05, 4.69) is 22.8 Å². The Morgan fingerprint density at radius 2 is 1.36 bits per heavy atom. The molecule has 1 atom stereocenters. The van der Waals surface area contributed by atoms with Crippen LogP contribution in [0.25, 0.3) is 11.1 Å². The summed E-state index contributed by atoms with van der Waals surface area (Å²) in [5.41, 5.74) is 5.45. The average molecular weight is 599 g/mol. The van der Waals surface area contributed by atoms with Crippen LogP contribution in [-0.4, -0.2) is 58.7 Å². The molecule has 4 aromatic carbocycles. The van der Waals surface area contributed by atoms with Gasteiger partial charge < -0.3 is 34.1 Å². The number of aliphatic hydroxyl groups excluding tert-OH is 1. The molecule has 3 N–H and O–H groups in total. The molecule has 1 aliphatic carbocycles. The number of anilines is 1. The lowest BCUT2D eigenvalue weighted by Crippen LogP contribution is -2.28. The molecular formula is C34H34N2O8. The molecule has 228 valence electrons. The van der Waals surface area contributed by atoms with Crippen LogP contribution >= 0.6 is 0 Å². The number of aliphatic hydroxyl groups is 1. The first-order chi connectivity index (χ1) is 21.4. The smallest absolute Gasteiger partial charge is 0.411 e. The highest BCUT2D eigenvalue weighted by atomic mass is 16.5. The van der Waals surface area contributed by atoms with Crippen LogP contribution in [0.15, 0.2) is 78.9 Å². The van der Waals surface area contributed by atoms with E-state index >= 15 is 0 Å². The van der Waals surface area contributed by atoms with Crippen LogP contribution < -0.4 is 29.6 Å². The Hall–Kier alpha value is -5.22. The molecular weight excluding hydrogens is 564 g/mol. The van der Waals surface area contributed by atoms with E-state index in [1.54, 1.807) is 24.3 Å².